The number of amides is 1. The maximum Gasteiger partial charge on any atom is 0.295 e. The van der Waals surface area contributed by atoms with Gasteiger partial charge in [0.25, 0.3) is 5.91 Å². The Hall–Kier alpha value is -4.06. The lowest BCUT2D eigenvalue weighted by Gasteiger charge is -2.26. The van der Waals surface area contributed by atoms with Gasteiger partial charge < -0.3 is 14.3 Å². The molecule has 166 valence electrons. The minimum absolute atomic E-state index is 0.00629. The normalized spacial score (nSPS) is 15.2. The fourth-order valence-electron chi connectivity index (χ4n) is 4.35. The van der Waals surface area contributed by atoms with E-state index in [1.54, 1.807) is 29.2 Å². The van der Waals surface area contributed by atoms with Gasteiger partial charge in [0, 0.05) is 5.69 Å². The largest absolute Gasteiger partial charge is 0.504 e. The van der Waals surface area contributed by atoms with E-state index in [9.17, 15) is 14.7 Å². The highest BCUT2D eigenvalue weighted by molar-refractivity contribution is 6.10. The molecule has 6 nitrogen and oxygen atoms in total. The molecule has 0 radical (unpaired) electrons. The number of anilines is 1. The highest BCUT2D eigenvalue weighted by Crippen LogP contribution is 2.43. The van der Waals surface area contributed by atoms with E-state index in [4.69, 9.17) is 9.15 Å². The summed E-state index contributed by atoms with van der Waals surface area (Å²) >= 11 is 0. The van der Waals surface area contributed by atoms with Crippen LogP contribution in [-0.2, 0) is 0 Å². The third-order valence-corrected chi connectivity index (χ3v) is 5.94. The number of hydrogen-bond donors (Lipinski definition) is 1. The van der Waals surface area contributed by atoms with E-state index >= 15 is 0 Å². The summed E-state index contributed by atoms with van der Waals surface area (Å²) in [7, 11) is 0. The Labute approximate surface area is 190 Å². The van der Waals surface area contributed by atoms with Gasteiger partial charge in [0.05, 0.1) is 23.6 Å². The number of carbonyl (C=O) groups excluding carboxylic acids is 1. The third kappa shape index (κ3) is 3.35. The Morgan fingerprint density at radius 3 is 2.42 bits per heavy atom. The van der Waals surface area contributed by atoms with Gasteiger partial charge in [0.15, 0.2) is 16.9 Å². The van der Waals surface area contributed by atoms with E-state index in [1.165, 1.54) is 6.07 Å². The lowest BCUT2D eigenvalue weighted by molar-refractivity contribution is 0.0971. The number of nitrogens with zero attached hydrogens (tertiary/aromatic N) is 1. The van der Waals surface area contributed by atoms with E-state index in [0.29, 0.717) is 34.6 Å². The average Bonchev–Trinajstić information content (AvgIpc) is 3.09. The van der Waals surface area contributed by atoms with Crippen molar-refractivity contribution < 1.29 is 19.1 Å². The van der Waals surface area contributed by atoms with E-state index in [2.05, 4.69) is 0 Å². The average molecular weight is 441 g/mol. The van der Waals surface area contributed by atoms with Crippen molar-refractivity contribution in [3.8, 4) is 11.5 Å². The molecule has 6 heteroatoms. The van der Waals surface area contributed by atoms with E-state index < -0.39 is 6.04 Å². The van der Waals surface area contributed by atoms with Crippen LogP contribution >= 0.6 is 0 Å². The number of ether oxygens (including phenoxy) is 1. The van der Waals surface area contributed by atoms with Gasteiger partial charge in [-0.1, -0.05) is 35.4 Å². The molecule has 33 heavy (non-hydrogen) atoms. The summed E-state index contributed by atoms with van der Waals surface area (Å²) in [6.45, 7) is 6.06. The molecule has 4 aromatic rings. The number of fused-ring (bicyclic) bond motifs is 2. The molecule has 0 saturated heterocycles. The van der Waals surface area contributed by atoms with Crippen molar-refractivity contribution in [2.75, 3.05) is 11.5 Å². The fourth-order valence-corrected chi connectivity index (χ4v) is 4.35. The SMILES string of the molecule is CCOc1cc(C2c3c(oc4ccc(C)cc4c3=O)C(=O)N2c2ccc(C)cc2)ccc1O. The zero-order valence-electron chi connectivity index (χ0n) is 18.6. The first-order valence-corrected chi connectivity index (χ1v) is 10.8. The van der Waals surface area contributed by atoms with Crippen molar-refractivity contribution in [1.29, 1.82) is 0 Å². The van der Waals surface area contributed by atoms with E-state index in [1.807, 2.05) is 51.1 Å². The van der Waals surface area contributed by atoms with Gasteiger partial charge in [-0.3, -0.25) is 14.5 Å². The van der Waals surface area contributed by atoms with Gasteiger partial charge in [-0.25, -0.2) is 0 Å². The minimum Gasteiger partial charge on any atom is -0.504 e. The van der Waals surface area contributed by atoms with Crippen LogP contribution in [0.4, 0.5) is 5.69 Å². The zero-order valence-corrected chi connectivity index (χ0v) is 18.6. The Bertz CT molecular complexity index is 1450. The van der Waals surface area contributed by atoms with Gasteiger partial charge in [-0.05, 0) is 62.7 Å². The second-order valence-corrected chi connectivity index (χ2v) is 8.25. The van der Waals surface area contributed by atoms with Crippen molar-refractivity contribution in [3.63, 3.8) is 0 Å². The molecule has 0 fully saturated rings. The van der Waals surface area contributed by atoms with Crippen molar-refractivity contribution in [3.05, 3.63) is 98.9 Å². The number of rotatable bonds is 4. The summed E-state index contributed by atoms with van der Waals surface area (Å²) in [5.41, 5.74) is 3.69. The number of benzene rings is 3. The molecule has 0 spiro atoms. The summed E-state index contributed by atoms with van der Waals surface area (Å²) < 4.78 is 11.6. The first-order valence-electron chi connectivity index (χ1n) is 10.8. The lowest BCUT2D eigenvalue weighted by Crippen LogP contribution is -2.29. The van der Waals surface area contributed by atoms with Gasteiger partial charge >= 0.3 is 0 Å². The van der Waals surface area contributed by atoms with Gasteiger partial charge in [-0.2, -0.15) is 0 Å². The topological polar surface area (TPSA) is 80.0 Å². The molecular weight excluding hydrogens is 418 g/mol. The maximum absolute atomic E-state index is 13.7. The van der Waals surface area contributed by atoms with Crippen molar-refractivity contribution in [1.82, 2.24) is 0 Å². The monoisotopic (exact) mass is 441 g/mol. The van der Waals surface area contributed by atoms with Crippen LogP contribution < -0.4 is 15.1 Å². The molecule has 0 bridgehead atoms. The summed E-state index contributed by atoms with van der Waals surface area (Å²) in [6.07, 6.45) is 0. The first-order chi connectivity index (χ1) is 15.9. The van der Waals surface area contributed by atoms with Crippen LogP contribution in [0.5, 0.6) is 11.5 Å². The molecule has 1 aliphatic heterocycles. The minimum atomic E-state index is -0.726. The fraction of sp³-hybridized carbons (Fsp3) is 0.185. The predicted octanol–water partition coefficient (Wildman–Crippen LogP) is 5.26. The molecule has 1 aromatic heterocycles. The number of aryl methyl sites for hydroxylation is 2. The van der Waals surface area contributed by atoms with Crippen molar-refractivity contribution >= 4 is 22.6 Å². The Balaban J connectivity index is 1.80. The summed E-state index contributed by atoms with van der Waals surface area (Å²) in [6, 6.07) is 17.0. The second-order valence-electron chi connectivity index (χ2n) is 8.25. The highest BCUT2D eigenvalue weighted by atomic mass is 16.5. The number of phenols is 1. The Morgan fingerprint density at radius 2 is 1.70 bits per heavy atom. The van der Waals surface area contributed by atoms with Gasteiger partial charge in [0.1, 0.15) is 5.58 Å². The molecule has 3 aromatic carbocycles. The Morgan fingerprint density at radius 1 is 0.970 bits per heavy atom. The molecule has 1 amide bonds. The van der Waals surface area contributed by atoms with Crippen LogP contribution in [0.3, 0.4) is 0 Å². The van der Waals surface area contributed by atoms with E-state index in [0.717, 1.165) is 11.1 Å². The maximum atomic E-state index is 13.7. The van der Waals surface area contributed by atoms with Gasteiger partial charge in [0.2, 0.25) is 5.76 Å². The second kappa shape index (κ2) is 7.81. The van der Waals surface area contributed by atoms with Gasteiger partial charge in [-0.15, -0.1) is 0 Å². The molecule has 5 rings (SSSR count). The quantitative estimate of drug-likeness (QED) is 0.467. The summed E-state index contributed by atoms with van der Waals surface area (Å²) in [5.74, 6) is -0.0635. The van der Waals surface area contributed by atoms with Crippen LogP contribution in [0.1, 0.15) is 45.8 Å². The first kappa shape index (κ1) is 20.8. The summed E-state index contributed by atoms with van der Waals surface area (Å²) in [4.78, 5) is 28.9. The predicted molar refractivity (Wildman–Crippen MR) is 126 cm³/mol. The van der Waals surface area contributed by atoms with Crippen LogP contribution in [-0.4, -0.2) is 17.6 Å². The van der Waals surface area contributed by atoms with Crippen LogP contribution in [0.2, 0.25) is 0 Å². The molecule has 1 N–H and O–H groups in total. The number of aromatic hydroxyl groups is 1. The lowest BCUT2D eigenvalue weighted by atomic mass is 9.97. The smallest absolute Gasteiger partial charge is 0.295 e. The molecule has 0 saturated carbocycles. The van der Waals surface area contributed by atoms with Crippen molar-refractivity contribution in [2.45, 2.75) is 26.8 Å². The van der Waals surface area contributed by atoms with E-state index in [-0.39, 0.29) is 28.4 Å². The van der Waals surface area contributed by atoms with Crippen LogP contribution in [0.25, 0.3) is 11.0 Å². The third-order valence-electron chi connectivity index (χ3n) is 5.94. The molecule has 1 atom stereocenters. The van der Waals surface area contributed by atoms with Crippen LogP contribution in [0.15, 0.2) is 69.9 Å². The molecule has 0 aliphatic carbocycles. The standard InChI is InChI=1S/C27H23NO5/c1-4-32-22-14-17(8-11-20(22)29)24-23-25(30)19-13-16(3)7-12-21(19)33-26(23)27(31)28(24)18-9-5-15(2)6-10-18/h5-14,24,29H,4H2,1-3H3. The van der Waals surface area contributed by atoms with Crippen LogP contribution in [0, 0.1) is 13.8 Å². The molecular formula is C27H23NO5. The number of phenolic OH excluding ortho intramolecular Hbond substituents is 1. The summed E-state index contributed by atoms with van der Waals surface area (Å²) in [5, 5.41) is 10.6. The zero-order chi connectivity index (χ0) is 23.3. The Kier molecular flexibility index (Phi) is 4.93. The number of carbonyl (C=O) groups is 1. The highest BCUT2D eigenvalue weighted by Gasteiger charge is 2.43. The number of hydrogen-bond acceptors (Lipinski definition) is 5. The van der Waals surface area contributed by atoms with Crippen molar-refractivity contribution in [2.24, 2.45) is 0 Å². The molecule has 1 aliphatic rings. The molecule has 1 unspecified atom stereocenters. The molecule has 2 heterocycles.